The molecule has 6 nitrogen and oxygen atoms in total. The highest BCUT2D eigenvalue weighted by Gasteiger charge is 2.36. The first kappa shape index (κ1) is 15.1. The van der Waals surface area contributed by atoms with Crippen LogP contribution >= 0.6 is 0 Å². The fourth-order valence-electron chi connectivity index (χ4n) is 2.27. The molecule has 0 amide bonds. The third-order valence-corrected chi connectivity index (χ3v) is 3.10. The molecule has 0 saturated carbocycles. The van der Waals surface area contributed by atoms with Gasteiger partial charge in [-0.05, 0) is 37.1 Å². The Balaban J connectivity index is 2.78. The number of nitrogens with zero attached hydrogens (tertiary/aromatic N) is 4. The second-order valence-electron chi connectivity index (χ2n) is 5.00. The van der Waals surface area contributed by atoms with E-state index in [-0.39, 0.29) is 12.4 Å². The van der Waals surface area contributed by atoms with Crippen molar-refractivity contribution in [3.8, 4) is 5.82 Å². The van der Waals surface area contributed by atoms with Crippen molar-refractivity contribution in [3.63, 3.8) is 0 Å². The van der Waals surface area contributed by atoms with Crippen molar-refractivity contribution >= 4 is 0 Å². The lowest BCUT2D eigenvalue weighted by Gasteiger charge is -2.09. The molecule has 0 saturated heterocycles. The molecular weight excluding hydrogens is 282 g/mol. The van der Waals surface area contributed by atoms with Gasteiger partial charge in [-0.1, -0.05) is 5.10 Å². The van der Waals surface area contributed by atoms with Crippen LogP contribution in [0.1, 0.15) is 30.8 Å². The lowest BCUT2D eigenvalue weighted by Crippen LogP contribution is -2.38. The summed E-state index contributed by atoms with van der Waals surface area (Å²) in [5.41, 5.74) is 0.430. The summed E-state index contributed by atoms with van der Waals surface area (Å²) in [6, 6.07) is 1.69. The third kappa shape index (κ3) is 2.53. The number of aryl methyl sites for hydroxylation is 2. The Labute approximate surface area is 119 Å². The van der Waals surface area contributed by atoms with E-state index in [1.807, 2.05) is 0 Å². The van der Waals surface area contributed by atoms with Crippen LogP contribution in [-0.4, -0.2) is 14.3 Å². The molecule has 0 spiro atoms. The molecule has 0 aliphatic rings. The number of hydrogen-bond donors (Lipinski definition) is 0. The van der Waals surface area contributed by atoms with Crippen LogP contribution in [0.15, 0.2) is 17.1 Å². The van der Waals surface area contributed by atoms with E-state index >= 15 is 0 Å². The Morgan fingerprint density at radius 2 is 2.05 bits per heavy atom. The van der Waals surface area contributed by atoms with E-state index in [2.05, 4.69) is 5.10 Å². The molecule has 2 heterocycles. The second kappa shape index (κ2) is 4.94. The van der Waals surface area contributed by atoms with E-state index in [1.165, 1.54) is 6.20 Å². The highest BCUT2D eigenvalue weighted by atomic mass is 19.3. The molecule has 8 heteroatoms. The third-order valence-electron chi connectivity index (χ3n) is 3.10. The highest BCUT2D eigenvalue weighted by Crippen LogP contribution is 2.24. The summed E-state index contributed by atoms with van der Waals surface area (Å²) >= 11 is 0. The number of hydrogen-bond acceptors (Lipinski definition) is 3. The Kier molecular flexibility index (Phi) is 3.56. The molecular formula is C13H16F2N4O2. The van der Waals surface area contributed by atoms with Gasteiger partial charge in [-0.25, -0.2) is 9.52 Å². The van der Waals surface area contributed by atoms with Gasteiger partial charge in [0, 0.05) is 19.0 Å². The first-order chi connectivity index (χ1) is 9.66. The topological polar surface area (TPSA) is 66.8 Å². The van der Waals surface area contributed by atoms with Crippen molar-refractivity contribution in [2.45, 2.75) is 40.2 Å². The monoisotopic (exact) mass is 298 g/mol. The van der Waals surface area contributed by atoms with Gasteiger partial charge >= 0.3 is 17.4 Å². The lowest BCUT2D eigenvalue weighted by molar-refractivity contribution is -0.601. The lowest BCUT2D eigenvalue weighted by atomic mass is 10.2. The maximum Gasteiger partial charge on any atom is 0.443 e. The minimum Gasteiger partial charge on any atom is -0.711 e. The molecule has 21 heavy (non-hydrogen) atoms. The number of alkyl halides is 2. The van der Waals surface area contributed by atoms with Crippen molar-refractivity contribution in [2.24, 2.45) is 0 Å². The SMILES string of the molecule is CCn1c(C(C)(F)F)nn(-c2c(C)cc(C)c[n+]2[O-])c1=O. The highest BCUT2D eigenvalue weighted by molar-refractivity contribution is 5.29. The Hall–Kier alpha value is -2.25. The molecule has 2 aromatic heterocycles. The molecule has 114 valence electrons. The minimum absolute atomic E-state index is 0.0430. The number of halogens is 2. The van der Waals surface area contributed by atoms with Crippen molar-refractivity contribution in [1.82, 2.24) is 14.3 Å². The summed E-state index contributed by atoms with van der Waals surface area (Å²) < 4.78 is 29.2. The average molecular weight is 298 g/mol. The van der Waals surface area contributed by atoms with E-state index in [9.17, 15) is 18.8 Å². The van der Waals surface area contributed by atoms with Crippen molar-refractivity contribution in [2.75, 3.05) is 0 Å². The second-order valence-corrected chi connectivity index (χ2v) is 5.00. The van der Waals surface area contributed by atoms with Crippen LogP contribution in [-0.2, 0) is 12.5 Å². The zero-order chi connectivity index (χ0) is 15.9. The van der Waals surface area contributed by atoms with Gasteiger partial charge in [0.2, 0.25) is 5.82 Å². The number of aromatic nitrogens is 4. The van der Waals surface area contributed by atoms with Gasteiger partial charge in [-0.3, -0.25) is 4.57 Å². The van der Waals surface area contributed by atoms with Gasteiger partial charge in [0.15, 0.2) is 0 Å². The van der Waals surface area contributed by atoms with Gasteiger partial charge in [0.05, 0.1) is 6.20 Å². The largest absolute Gasteiger partial charge is 0.711 e. The Morgan fingerprint density at radius 1 is 1.43 bits per heavy atom. The smallest absolute Gasteiger partial charge is 0.443 e. The molecule has 0 N–H and O–H groups in total. The number of rotatable bonds is 3. The standard InChI is InChI=1S/C13H16F2N4O2/c1-5-17-11(13(4,14)15)16-19(12(17)20)10-9(3)6-8(2)7-18(10)21/h6-7H,5H2,1-4H3. The van der Waals surface area contributed by atoms with Crippen molar-refractivity contribution < 1.29 is 13.5 Å². The molecule has 0 fully saturated rings. The van der Waals surface area contributed by atoms with Crippen LogP contribution in [0, 0.1) is 19.1 Å². The van der Waals surface area contributed by atoms with Crippen LogP contribution in [0.4, 0.5) is 8.78 Å². The summed E-state index contributed by atoms with van der Waals surface area (Å²) in [5.74, 6) is -3.99. The molecule has 0 atom stereocenters. The average Bonchev–Trinajstić information content (AvgIpc) is 2.65. The van der Waals surface area contributed by atoms with Crippen LogP contribution in [0.25, 0.3) is 5.82 Å². The molecule has 0 radical (unpaired) electrons. The van der Waals surface area contributed by atoms with Crippen molar-refractivity contribution in [3.05, 3.63) is 44.9 Å². The zero-order valence-corrected chi connectivity index (χ0v) is 12.2. The van der Waals surface area contributed by atoms with E-state index < -0.39 is 17.4 Å². The summed E-state index contributed by atoms with van der Waals surface area (Å²) in [5, 5.41) is 15.7. The summed E-state index contributed by atoms with van der Waals surface area (Å²) in [7, 11) is 0. The molecule has 0 bridgehead atoms. The summed E-state index contributed by atoms with van der Waals surface area (Å²) in [6.07, 6.45) is 1.27. The maximum absolute atomic E-state index is 13.6. The first-order valence-corrected chi connectivity index (χ1v) is 6.45. The fourth-order valence-corrected chi connectivity index (χ4v) is 2.27. The molecule has 2 rings (SSSR count). The Morgan fingerprint density at radius 3 is 2.48 bits per heavy atom. The van der Waals surface area contributed by atoms with Gasteiger partial charge in [0.1, 0.15) is 0 Å². The number of pyridine rings is 1. The predicted octanol–water partition coefficient (Wildman–Crippen LogP) is 1.42. The van der Waals surface area contributed by atoms with E-state index in [0.717, 1.165) is 9.25 Å². The van der Waals surface area contributed by atoms with Gasteiger partial charge < -0.3 is 5.21 Å². The fraction of sp³-hybridized carbons (Fsp3) is 0.462. The molecule has 0 aliphatic heterocycles. The van der Waals surface area contributed by atoms with Crippen LogP contribution in [0.3, 0.4) is 0 Å². The van der Waals surface area contributed by atoms with Crippen LogP contribution in [0.5, 0.6) is 0 Å². The van der Waals surface area contributed by atoms with Gasteiger partial charge in [-0.2, -0.15) is 8.78 Å². The van der Waals surface area contributed by atoms with E-state index in [1.54, 1.807) is 26.8 Å². The zero-order valence-electron chi connectivity index (χ0n) is 12.2. The molecule has 2 aromatic rings. The summed E-state index contributed by atoms with van der Waals surface area (Å²) in [4.78, 5) is 12.2. The van der Waals surface area contributed by atoms with Crippen LogP contribution in [0.2, 0.25) is 0 Å². The quantitative estimate of drug-likeness (QED) is 0.635. The summed E-state index contributed by atoms with van der Waals surface area (Å²) in [6.45, 7) is 5.62. The first-order valence-electron chi connectivity index (χ1n) is 6.45. The minimum atomic E-state index is -3.27. The van der Waals surface area contributed by atoms with Gasteiger partial charge in [0.25, 0.3) is 0 Å². The van der Waals surface area contributed by atoms with E-state index in [4.69, 9.17) is 0 Å². The van der Waals surface area contributed by atoms with Crippen LogP contribution < -0.4 is 10.4 Å². The molecule has 0 aromatic carbocycles. The van der Waals surface area contributed by atoms with Gasteiger partial charge in [-0.15, -0.1) is 0 Å². The molecule has 0 aliphatic carbocycles. The Bertz CT molecular complexity index is 721. The van der Waals surface area contributed by atoms with E-state index in [0.29, 0.717) is 22.8 Å². The normalized spacial score (nSPS) is 11.9. The maximum atomic E-state index is 13.6. The predicted molar refractivity (Wildman–Crippen MR) is 71.5 cm³/mol. The van der Waals surface area contributed by atoms with Crippen molar-refractivity contribution in [1.29, 1.82) is 0 Å². The molecule has 0 unspecified atom stereocenters.